The number of benzene rings is 1. The molecule has 3 rings (SSSR count). The number of rotatable bonds is 8. The lowest BCUT2D eigenvalue weighted by Gasteiger charge is -2.40. The standard InChI is InChI=1S/C21H21ClF2N4O4/c1-11(25)16-3-2-12(9-26-16)10-27-19(30)17-4-5-28(17)20(31)18(29)13-6-14(22)8-15(7-13)32-21(23)24/h2-3,6-9,17-18,21,29H,1,4-5,10,25H2,(H,27,30)/t17-,18?/m0/s1. The van der Waals surface area contributed by atoms with Gasteiger partial charge in [-0.25, -0.2) is 0 Å². The summed E-state index contributed by atoms with van der Waals surface area (Å²) >= 11 is 5.87. The van der Waals surface area contributed by atoms with Gasteiger partial charge in [0.15, 0.2) is 6.10 Å². The van der Waals surface area contributed by atoms with Crippen molar-refractivity contribution < 1.29 is 28.2 Å². The first-order chi connectivity index (χ1) is 15.2. The number of alkyl halides is 2. The Balaban J connectivity index is 1.61. The minimum absolute atomic E-state index is 0.0146. The third-order valence-electron chi connectivity index (χ3n) is 4.89. The summed E-state index contributed by atoms with van der Waals surface area (Å²) in [5, 5.41) is 13.2. The third kappa shape index (κ3) is 5.51. The predicted octanol–water partition coefficient (Wildman–Crippen LogP) is 2.22. The number of hydrogen-bond donors (Lipinski definition) is 3. The number of nitrogens with one attached hydrogen (secondary N) is 1. The molecule has 1 aromatic heterocycles. The summed E-state index contributed by atoms with van der Waals surface area (Å²) in [6.45, 7) is 0.964. The highest BCUT2D eigenvalue weighted by molar-refractivity contribution is 6.30. The van der Waals surface area contributed by atoms with Crippen molar-refractivity contribution in [2.24, 2.45) is 5.73 Å². The lowest BCUT2D eigenvalue weighted by atomic mass is 9.98. The molecule has 11 heteroatoms. The molecule has 1 fully saturated rings. The van der Waals surface area contributed by atoms with Crippen LogP contribution in [0.1, 0.15) is 29.3 Å². The number of likely N-dealkylation sites (tertiary alicyclic amines) is 1. The van der Waals surface area contributed by atoms with Crippen molar-refractivity contribution in [2.75, 3.05) is 6.54 Å². The van der Waals surface area contributed by atoms with Gasteiger partial charge in [-0.15, -0.1) is 0 Å². The SMILES string of the molecule is C=C(N)c1ccc(CNC(=O)[C@@H]2CCN2C(=O)C(O)c2cc(Cl)cc(OC(F)F)c2)cn1. The van der Waals surface area contributed by atoms with Gasteiger partial charge >= 0.3 is 6.61 Å². The zero-order valence-electron chi connectivity index (χ0n) is 16.8. The first-order valence-electron chi connectivity index (χ1n) is 9.57. The Morgan fingerprint density at radius 3 is 2.69 bits per heavy atom. The number of carbonyl (C=O) groups is 2. The number of carbonyl (C=O) groups excluding carboxylic acids is 2. The minimum Gasteiger partial charge on any atom is -0.435 e. The van der Waals surface area contributed by atoms with E-state index < -0.39 is 30.6 Å². The smallest absolute Gasteiger partial charge is 0.387 e. The van der Waals surface area contributed by atoms with Crippen LogP contribution in [0.4, 0.5) is 8.78 Å². The number of nitrogens with two attached hydrogens (primary N) is 1. The fourth-order valence-electron chi connectivity index (χ4n) is 3.16. The summed E-state index contributed by atoms with van der Waals surface area (Å²) in [6.07, 6.45) is 0.286. The van der Waals surface area contributed by atoms with Gasteiger partial charge in [0.2, 0.25) is 5.91 Å². The van der Waals surface area contributed by atoms with Crippen molar-refractivity contribution >= 4 is 29.1 Å². The molecule has 0 spiro atoms. The number of halogens is 3. The van der Waals surface area contributed by atoms with Gasteiger partial charge in [-0.2, -0.15) is 8.78 Å². The Bertz CT molecular complexity index is 1020. The molecule has 4 N–H and O–H groups in total. The monoisotopic (exact) mass is 466 g/mol. The van der Waals surface area contributed by atoms with Gasteiger partial charge in [-0.1, -0.05) is 24.2 Å². The van der Waals surface area contributed by atoms with E-state index in [1.54, 1.807) is 18.3 Å². The molecule has 0 saturated carbocycles. The van der Waals surface area contributed by atoms with Crippen molar-refractivity contribution in [3.8, 4) is 5.75 Å². The molecule has 170 valence electrons. The van der Waals surface area contributed by atoms with E-state index in [0.29, 0.717) is 17.8 Å². The van der Waals surface area contributed by atoms with Gasteiger partial charge < -0.3 is 25.8 Å². The normalized spacial score (nSPS) is 16.3. The van der Waals surface area contributed by atoms with Crippen molar-refractivity contribution in [3.63, 3.8) is 0 Å². The van der Waals surface area contributed by atoms with Gasteiger partial charge in [-0.05, 0) is 41.8 Å². The number of amides is 2. The third-order valence-corrected chi connectivity index (χ3v) is 5.11. The highest BCUT2D eigenvalue weighted by Crippen LogP contribution is 2.29. The summed E-state index contributed by atoms with van der Waals surface area (Å²) in [7, 11) is 0. The van der Waals surface area contributed by atoms with E-state index in [1.807, 2.05) is 0 Å². The number of nitrogens with zero attached hydrogens (tertiary/aromatic N) is 2. The van der Waals surface area contributed by atoms with Crippen LogP contribution >= 0.6 is 11.6 Å². The molecule has 2 aromatic rings. The molecule has 32 heavy (non-hydrogen) atoms. The maximum atomic E-state index is 12.7. The molecule has 1 saturated heterocycles. The summed E-state index contributed by atoms with van der Waals surface area (Å²) < 4.78 is 29.2. The molecule has 8 nitrogen and oxygen atoms in total. The quantitative estimate of drug-likeness (QED) is 0.549. The molecule has 0 aliphatic carbocycles. The van der Waals surface area contributed by atoms with E-state index in [2.05, 4.69) is 21.6 Å². The van der Waals surface area contributed by atoms with E-state index in [4.69, 9.17) is 17.3 Å². The minimum atomic E-state index is -3.09. The maximum Gasteiger partial charge on any atom is 0.387 e. The van der Waals surface area contributed by atoms with Crippen LogP contribution in [0, 0.1) is 0 Å². The van der Waals surface area contributed by atoms with E-state index in [-0.39, 0.29) is 29.4 Å². The Morgan fingerprint density at radius 1 is 1.38 bits per heavy atom. The Morgan fingerprint density at radius 2 is 2.12 bits per heavy atom. The zero-order chi connectivity index (χ0) is 23.4. The van der Waals surface area contributed by atoms with Crippen LogP contribution in [0.3, 0.4) is 0 Å². The average Bonchev–Trinajstić information content (AvgIpc) is 2.70. The second kappa shape index (κ2) is 9.92. The largest absolute Gasteiger partial charge is 0.435 e. The summed E-state index contributed by atoms with van der Waals surface area (Å²) in [4.78, 5) is 30.5. The Kier molecular flexibility index (Phi) is 7.26. The summed E-state index contributed by atoms with van der Waals surface area (Å²) in [6, 6.07) is 6.16. The van der Waals surface area contributed by atoms with Crippen LogP contribution in [0.2, 0.25) is 5.02 Å². The van der Waals surface area contributed by atoms with E-state index in [0.717, 1.165) is 17.7 Å². The average molecular weight is 467 g/mol. The fraction of sp³-hybridized carbons (Fsp3) is 0.286. The Labute approximate surface area is 187 Å². The van der Waals surface area contributed by atoms with Crippen molar-refractivity contribution in [3.05, 3.63) is 65.0 Å². The van der Waals surface area contributed by atoms with E-state index >= 15 is 0 Å². The van der Waals surface area contributed by atoms with Crippen LogP contribution in [-0.2, 0) is 16.1 Å². The Hall–Kier alpha value is -3.24. The number of aliphatic hydroxyl groups excluding tert-OH is 1. The molecule has 2 atom stereocenters. The lowest BCUT2D eigenvalue weighted by molar-refractivity contribution is -0.154. The molecular formula is C21H21ClF2N4O4. The first kappa shape index (κ1) is 23.4. The number of ether oxygens (including phenoxy) is 1. The number of aromatic nitrogens is 1. The lowest BCUT2D eigenvalue weighted by Crippen LogP contribution is -2.59. The van der Waals surface area contributed by atoms with Crippen LogP contribution < -0.4 is 15.8 Å². The number of aliphatic hydroxyl groups is 1. The fourth-order valence-corrected chi connectivity index (χ4v) is 3.40. The number of pyridine rings is 1. The van der Waals surface area contributed by atoms with Gasteiger partial charge in [-0.3, -0.25) is 14.6 Å². The van der Waals surface area contributed by atoms with Crippen molar-refractivity contribution in [1.82, 2.24) is 15.2 Å². The molecular weight excluding hydrogens is 446 g/mol. The molecule has 2 heterocycles. The highest BCUT2D eigenvalue weighted by Gasteiger charge is 2.40. The topological polar surface area (TPSA) is 118 Å². The molecule has 1 aliphatic rings. The van der Waals surface area contributed by atoms with Gasteiger partial charge in [0.1, 0.15) is 11.8 Å². The zero-order valence-corrected chi connectivity index (χ0v) is 17.6. The molecule has 0 bridgehead atoms. The number of hydrogen-bond acceptors (Lipinski definition) is 6. The molecule has 1 aromatic carbocycles. The molecule has 1 aliphatic heterocycles. The van der Waals surface area contributed by atoms with Crippen molar-refractivity contribution in [1.29, 1.82) is 0 Å². The van der Waals surface area contributed by atoms with E-state index in [1.165, 1.54) is 11.0 Å². The first-order valence-corrected chi connectivity index (χ1v) is 9.94. The highest BCUT2D eigenvalue weighted by atomic mass is 35.5. The van der Waals surface area contributed by atoms with Gasteiger partial charge in [0.05, 0.1) is 11.4 Å². The summed E-state index contributed by atoms with van der Waals surface area (Å²) in [5.41, 5.74) is 7.14. The van der Waals surface area contributed by atoms with E-state index in [9.17, 15) is 23.5 Å². The second-order valence-electron chi connectivity index (χ2n) is 7.13. The van der Waals surface area contributed by atoms with Gasteiger partial charge in [0.25, 0.3) is 5.91 Å². The second-order valence-corrected chi connectivity index (χ2v) is 7.57. The van der Waals surface area contributed by atoms with Crippen LogP contribution in [0.5, 0.6) is 5.75 Å². The molecule has 0 radical (unpaired) electrons. The molecule has 2 amide bonds. The summed E-state index contributed by atoms with van der Waals surface area (Å²) in [5.74, 6) is -1.42. The maximum absolute atomic E-state index is 12.7. The van der Waals surface area contributed by atoms with Crippen molar-refractivity contribution in [2.45, 2.75) is 31.7 Å². The van der Waals surface area contributed by atoms with Gasteiger partial charge in [0, 0.05) is 24.3 Å². The van der Waals surface area contributed by atoms with Crippen LogP contribution in [0.25, 0.3) is 5.70 Å². The molecule has 1 unspecified atom stereocenters. The van der Waals surface area contributed by atoms with Crippen LogP contribution in [-0.4, -0.2) is 46.0 Å². The van der Waals surface area contributed by atoms with Crippen LogP contribution in [0.15, 0.2) is 43.1 Å². The predicted molar refractivity (Wildman–Crippen MR) is 112 cm³/mol.